The van der Waals surface area contributed by atoms with Crippen molar-refractivity contribution in [3.05, 3.63) is 55.2 Å². The third-order valence-electron chi connectivity index (χ3n) is 4.10. The van der Waals surface area contributed by atoms with E-state index in [0.717, 1.165) is 19.3 Å². The van der Waals surface area contributed by atoms with Gasteiger partial charge in [0.2, 0.25) is 0 Å². The van der Waals surface area contributed by atoms with Crippen LogP contribution in [-0.2, 0) is 4.79 Å². The number of furan rings is 3. The first-order valence-corrected chi connectivity index (χ1v) is 12.1. The molecule has 0 spiro atoms. The van der Waals surface area contributed by atoms with Crippen molar-refractivity contribution < 1.29 is 18.0 Å². The average Bonchev–Trinajstić information content (AvgIpc) is 3.33. The number of rotatable bonds is 8. The molecule has 0 N–H and O–H groups in total. The standard InChI is InChI=1S/C18H20GeO4/c1-2-3-4-8-15(20)19(16-9-5-12-21-16,17-10-6-13-22-17)18-11-7-14-23-18/h5-7,9-14H,2-4,8H2,1H3. The molecule has 0 amide bonds. The van der Waals surface area contributed by atoms with Gasteiger partial charge in [0.25, 0.3) is 0 Å². The summed E-state index contributed by atoms with van der Waals surface area (Å²) in [6.07, 6.45) is 8.36. The Bertz CT molecular complexity index is 627. The Kier molecular flexibility index (Phi) is 4.91. The molecule has 0 atom stereocenters. The van der Waals surface area contributed by atoms with Crippen molar-refractivity contribution in [2.75, 3.05) is 0 Å². The third kappa shape index (κ3) is 2.83. The molecule has 0 fully saturated rings. The molecule has 0 aliphatic rings. The molecule has 5 heteroatoms. The minimum absolute atomic E-state index is 0.207. The second-order valence-electron chi connectivity index (χ2n) is 5.56. The Hall–Kier alpha value is -1.95. The minimum atomic E-state index is -3.72. The molecule has 0 aliphatic heterocycles. The van der Waals surface area contributed by atoms with E-state index >= 15 is 0 Å². The van der Waals surface area contributed by atoms with Crippen molar-refractivity contribution in [3.63, 3.8) is 0 Å². The van der Waals surface area contributed by atoms with E-state index in [1.165, 1.54) is 0 Å². The Labute approximate surface area is 137 Å². The summed E-state index contributed by atoms with van der Waals surface area (Å²) < 4.78 is 19.5. The predicted octanol–water partition coefficient (Wildman–Crippen LogP) is 2.62. The zero-order valence-electron chi connectivity index (χ0n) is 13.2. The zero-order chi connectivity index (χ0) is 16.1. The third-order valence-corrected chi connectivity index (χ3v) is 12.8. The van der Waals surface area contributed by atoms with Crippen molar-refractivity contribution in [2.45, 2.75) is 32.6 Å². The van der Waals surface area contributed by atoms with Gasteiger partial charge in [-0.05, 0) is 0 Å². The van der Waals surface area contributed by atoms with E-state index in [2.05, 4.69) is 6.92 Å². The average molecular weight is 373 g/mol. The van der Waals surface area contributed by atoms with Crippen molar-refractivity contribution >= 4 is 31.7 Å². The maximum atomic E-state index is 13.3. The fourth-order valence-corrected chi connectivity index (χ4v) is 11.1. The molecule has 0 aromatic carbocycles. The van der Waals surface area contributed by atoms with Gasteiger partial charge in [-0.1, -0.05) is 0 Å². The van der Waals surface area contributed by atoms with Gasteiger partial charge in [-0.2, -0.15) is 0 Å². The molecule has 0 bridgehead atoms. The molecule has 3 aromatic heterocycles. The monoisotopic (exact) mass is 374 g/mol. The fraction of sp³-hybridized carbons (Fsp3) is 0.278. The Morgan fingerprint density at radius 3 is 1.70 bits per heavy atom. The molecule has 23 heavy (non-hydrogen) atoms. The van der Waals surface area contributed by atoms with Crippen LogP contribution >= 0.6 is 0 Å². The molecule has 0 radical (unpaired) electrons. The zero-order valence-corrected chi connectivity index (χ0v) is 15.3. The van der Waals surface area contributed by atoms with Gasteiger partial charge in [-0.15, -0.1) is 0 Å². The van der Waals surface area contributed by atoms with Crippen LogP contribution in [0.5, 0.6) is 0 Å². The second kappa shape index (κ2) is 7.09. The number of carbonyl (C=O) groups is 1. The molecule has 0 unspecified atom stereocenters. The van der Waals surface area contributed by atoms with Crippen LogP contribution < -0.4 is 13.8 Å². The summed E-state index contributed by atoms with van der Waals surface area (Å²) in [5, 5.41) is 0. The van der Waals surface area contributed by atoms with Gasteiger partial charge < -0.3 is 0 Å². The first-order valence-electron chi connectivity index (χ1n) is 7.95. The normalized spacial score (nSPS) is 11.7. The van der Waals surface area contributed by atoms with Crippen LogP contribution in [0.25, 0.3) is 0 Å². The van der Waals surface area contributed by atoms with Gasteiger partial charge in [-0.3, -0.25) is 0 Å². The molecule has 120 valence electrons. The summed E-state index contributed by atoms with van der Waals surface area (Å²) in [6, 6.07) is 11.1. The van der Waals surface area contributed by atoms with Gasteiger partial charge in [0.15, 0.2) is 0 Å². The molecule has 4 nitrogen and oxygen atoms in total. The molecule has 0 saturated heterocycles. The van der Waals surface area contributed by atoms with E-state index < -0.39 is 13.3 Å². The summed E-state index contributed by atoms with van der Waals surface area (Å²) in [4.78, 5) is 13.3. The fourth-order valence-electron chi connectivity index (χ4n) is 2.98. The van der Waals surface area contributed by atoms with Gasteiger partial charge in [0.05, 0.1) is 0 Å². The number of hydrogen-bond acceptors (Lipinski definition) is 4. The first-order chi connectivity index (χ1) is 11.3. The van der Waals surface area contributed by atoms with E-state index in [0.29, 0.717) is 20.2 Å². The van der Waals surface area contributed by atoms with E-state index in [-0.39, 0.29) is 4.62 Å². The molecule has 3 rings (SSSR count). The van der Waals surface area contributed by atoms with Crippen molar-refractivity contribution in [1.29, 1.82) is 0 Å². The summed E-state index contributed by atoms with van der Waals surface area (Å²) in [6.45, 7) is 2.13. The predicted molar refractivity (Wildman–Crippen MR) is 89.9 cm³/mol. The SMILES string of the molecule is CCCCC[C](=O)[Ge]([c]1ccco1)([c]1ccco1)[c]1ccco1. The molecule has 3 aromatic rings. The van der Waals surface area contributed by atoms with E-state index in [4.69, 9.17) is 13.3 Å². The van der Waals surface area contributed by atoms with E-state index in [9.17, 15) is 4.79 Å². The number of unbranched alkanes of at least 4 members (excludes halogenated alkanes) is 2. The maximum absolute atomic E-state index is 13.3. The Morgan fingerprint density at radius 2 is 1.35 bits per heavy atom. The van der Waals surface area contributed by atoms with Crippen LogP contribution in [-0.4, -0.2) is 17.9 Å². The van der Waals surface area contributed by atoms with Crippen LogP contribution in [0.1, 0.15) is 32.6 Å². The van der Waals surface area contributed by atoms with E-state index in [1.54, 1.807) is 18.8 Å². The van der Waals surface area contributed by atoms with E-state index in [1.807, 2.05) is 36.4 Å². The van der Waals surface area contributed by atoms with Gasteiger partial charge in [0.1, 0.15) is 0 Å². The Balaban J connectivity index is 2.13. The summed E-state index contributed by atoms with van der Waals surface area (Å²) >= 11 is -3.72. The summed E-state index contributed by atoms with van der Waals surface area (Å²) in [5.74, 6) is 0. The van der Waals surface area contributed by atoms with Crippen molar-refractivity contribution in [1.82, 2.24) is 0 Å². The summed E-state index contributed by atoms with van der Waals surface area (Å²) in [5.41, 5.74) is 0. The van der Waals surface area contributed by atoms with Gasteiger partial charge >= 0.3 is 138 Å². The van der Waals surface area contributed by atoms with Crippen molar-refractivity contribution in [2.24, 2.45) is 0 Å². The topological polar surface area (TPSA) is 56.5 Å². The van der Waals surface area contributed by atoms with Crippen LogP contribution in [0, 0.1) is 0 Å². The van der Waals surface area contributed by atoms with Crippen LogP contribution in [0.3, 0.4) is 0 Å². The Morgan fingerprint density at radius 1 is 0.870 bits per heavy atom. The van der Waals surface area contributed by atoms with Crippen LogP contribution in [0.2, 0.25) is 0 Å². The molecule has 3 heterocycles. The molecular formula is C18H20GeO4. The number of hydrogen-bond donors (Lipinski definition) is 0. The molecule has 0 aliphatic carbocycles. The van der Waals surface area contributed by atoms with Crippen LogP contribution in [0.15, 0.2) is 68.4 Å². The molecular weight excluding hydrogens is 353 g/mol. The second-order valence-corrected chi connectivity index (χ2v) is 13.0. The summed E-state index contributed by atoms with van der Waals surface area (Å²) in [7, 11) is 0. The quantitative estimate of drug-likeness (QED) is 0.450. The number of carbonyl (C=O) groups excluding carboxylic acids is 1. The van der Waals surface area contributed by atoms with Crippen molar-refractivity contribution in [3.8, 4) is 0 Å². The molecule has 0 saturated carbocycles. The van der Waals surface area contributed by atoms with Gasteiger partial charge in [-0.25, -0.2) is 0 Å². The first kappa shape index (κ1) is 15.9. The van der Waals surface area contributed by atoms with Crippen LogP contribution in [0.4, 0.5) is 0 Å². The van der Waals surface area contributed by atoms with Gasteiger partial charge in [0, 0.05) is 0 Å².